The van der Waals surface area contributed by atoms with Crippen LogP contribution in [-0.4, -0.2) is 95.0 Å². The molecule has 2 fully saturated rings. The number of aromatic nitrogens is 2. The highest BCUT2D eigenvalue weighted by molar-refractivity contribution is 5.94. The van der Waals surface area contributed by atoms with Crippen LogP contribution >= 0.6 is 0 Å². The molecule has 3 heterocycles. The van der Waals surface area contributed by atoms with Crippen molar-refractivity contribution in [2.24, 2.45) is 22.6 Å². The fourth-order valence-corrected chi connectivity index (χ4v) is 6.92. The van der Waals surface area contributed by atoms with E-state index in [4.69, 9.17) is 15.2 Å². The number of rotatable bonds is 10. The molecule has 0 radical (unpaired) electrons. The number of imidazole rings is 1. The molecule has 2 saturated heterocycles. The predicted molar refractivity (Wildman–Crippen MR) is 206 cm³/mol. The Morgan fingerprint density at radius 3 is 2.19 bits per heavy atom. The van der Waals surface area contributed by atoms with Crippen LogP contribution in [0.4, 0.5) is 9.59 Å². The summed E-state index contributed by atoms with van der Waals surface area (Å²) >= 11 is 0. The number of aliphatic imine (C=N–C) groups is 1. The Balaban J connectivity index is 1.22. The lowest BCUT2D eigenvalue weighted by Crippen LogP contribution is -2.54. The molecule has 2 aliphatic heterocycles. The molecule has 4 amide bonds. The van der Waals surface area contributed by atoms with Gasteiger partial charge in [0.1, 0.15) is 23.7 Å². The number of allylic oxidation sites excluding steroid dienone is 1. The van der Waals surface area contributed by atoms with Gasteiger partial charge in [-0.05, 0) is 66.5 Å². The minimum absolute atomic E-state index is 0.110. The highest BCUT2D eigenvalue weighted by Gasteiger charge is 2.38. The molecule has 0 spiro atoms. The van der Waals surface area contributed by atoms with Crippen LogP contribution in [0.3, 0.4) is 0 Å². The normalized spacial score (nSPS) is 18.5. The average Bonchev–Trinajstić information content (AvgIpc) is 3.96. The molecule has 14 nitrogen and oxygen atoms in total. The number of nitrogens with one attached hydrogen (secondary N) is 3. The van der Waals surface area contributed by atoms with E-state index in [9.17, 15) is 19.2 Å². The number of benzene rings is 2. The van der Waals surface area contributed by atoms with Crippen molar-refractivity contribution in [2.45, 2.75) is 77.5 Å². The van der Waals surface area contributed by atoms with Crippen LogP contribution in [0.25, 0.3) is 22.0 Å². The van der Waals surface area contributed by atoms with E-state index >= 15 is 0 Å². The number of amides is 4. The fraction of sp³-hybridized carbons (Fsp3) is 0.450. The smallest absolute Gasteiger partial charge is 0.407 e. The zero-order chi connectivity index (χ0) is 38.9. The zero-order valence-corrected chi connectivity index (χ0v) is 31.7. The summed E-state index contributed by atoms with van der Waals surface area (Å²) in [4.78, 5) is 66.5. The number of carbonyl (C=O) groups excluding carboxylic acids is 4. The van der Waals surface area contributed by atoms with Crippen LogP contribution in [0.1, 0.15) is 70.8 Å². The summed E-state index contributed by atoms with van der Waals surface area (Å²) in [6, 6.07) is 10.1. The highest BCUT2D eigenvalue weighted by Crippen LogP contribution is 2.33. The van der Waals surface area contributed by atoms with Gasteiger partial charge >= 0.3 is 12.2 Å². The lowest BCUT2D eigenvalue weighted by atomic mass is 10.0. The van der Waals surface area contributed by atoms with Crippen molar-refractivity contribution in [1.29, 1.82) is 0 Å². The van der Waals surface area contributed by atoms with Gasteiger partial charge in [0.05, 0.1) is 38.2 Å². The number of fused-ring (bicyclic) bond motifs is 1. The van der Waals surface area contributed by atoms with E-state index in [1.54, 1.807) is 22.1 Å². The number of aromatic amines is 1. The van der Waals surface area contributed by atoms with Crippen molar-refractivity contribution >= 4 is 40.6 Å². The summed E-state index contributed by atoms with van der Waals surface area (Å²) in [7, 11) is 2.55. The maximum absolute atomic E-state index is 13.5. The molecule has 14 heteroatoms. The number of H-pyrrole nitrogens is 1. The van der Waals surface area contributed by atoms with E-state index in [2.05, 4.69) is 43.5 Å². The Hall–Kier alpha value is -5.84. The molecule has 3 aromatic rings. The highest BCUT2D eigenvalue weighted by atomic mass is 16.5. The summed E-state index contributed by atoms with van der Waals surface area (Å²) < 4.78 is 9.44. The van der Waals surface area contributed by atoms with Crippen LogP contribution in [0.2, 0.25) is 0 Å². The van der Waals surface area contributed by atoms with Crippen molar-refractivity contribution in [1.82, 2.24) is 30.4 Å². The van der Waals surface area contributed by atoms with Crippen molar-refractivity contribution in [3.8, 4) is 23.1 Å². The van der Waals surface area contributed by atoms with Gasteiger partial charge in [-0.15, -0.1) is 0 Å². The summed E-state index contributed by atoms with van der Waals surface area (Å²) in [5.41, 5.74) is 8.95. The quantitative estimate of drug-likeness (QED) is 0.129. The zero-order valence-electron chi connectivity index (χ0n) is 31.7. The van der Waals surface area contributed by atoms with Gasteiger partial charge in [0.25, 0.3) is 0 Å². The molecule has 1 aromatic heterocycles. The van der Waals surface area contributed by atoms with E-state index in [1.807, 2.05) is 58.0 Å². The van der Waals surface area contributed by atoms with Gasteiger partial charge in [0, 0.05) is 36.5 Å². The van der Waals surface area contributed by atoms with Gasteiger partial charge in [0.15, 0.2) is 0 Å². The van der Waals surface area contributed by atoms with E-state index in [1.165, 1.54) is 20.4 Å². The molecular formula is C40H50N8O6. The molecule has 286 valence electrons. The predicted octanol–water partition coefficient (Wildman–Crippen LogP) is 4.87. The molecule has 0 aliphatic carbocycles. The number of alkyl carbamates (subject to hydrolysis) is 2. The Labute approximate surface area is 315 Å². The van der Waals surface area contributed by atoms with Gasteiger partial charge in [-0.3, -0.25) is 9.59 Å². The lowest BCUT2D eigenvalue weighted by molar-refractivity contribution is -0.135. The second-order valence-corrected chi connectivity index (χ2v) is 14.2. The Morgan fingerprint density at radius 2 is 1.52 bits per heavy atom. The van der Waals surface area contributed by atoms with Crippen LogP contribution in [0.5, 0.6) is 0 Å². The maximum Gasteiger partial charge on any atom is 0.407 e. The molecule has 5 rings (SSSR count). The number of nitrogens with two attached hydrogens (primary N) is 1. The summed E-state index contributed by atoms with van der Waals surface area (Å²) in [6.45, 7) is 8.63. The van der Waals surface area contributed by atoms with Gasteiger partial charge in [0.2, 0.25) is 11.8 Å². The monoisotopic (exact) mass is 738 g/mol. The van der Waals surface area contributed by atoms with E-state index in [0.29, 0.717) is 31.2 Å². The molecule has 4 atom stereocenters. The third-order valence-electron chi connectivity index (χ3n) is 9.86. The summed E-state index contributed by atoms with van der Waals surface area (Å²) in [6.07, 6.45) is 6.73. The largest absolute Gasteiger partial charge is 0.453 e. The summed E-state index contributed by atoms with van der Waals surface area (Å²) in [5.74, 6) is 6.56. The van der Waals surface area contributed by atoms with E-state index in [-0.39, 0.29) is 35.7 Å². The standard InChI is InChI=1S/C40H50N8O6/c1-24(2)33(45-39(51)53-5)37(49)47-19-9-12-31(47)35(41)42-18-8-7-11-26-14-15-28-22-29(17-16-27(28)21-26)30-23-43-36(44-30)32-13-10-20-48(32)38(50)34(25(3)4)46-40(52)54-6/h8,14-18,21-25,31-34H,9-10,12-13,19-20H2,1-6H3,(H2,41,42)(H,43,44)(H,45,51)(H,46,52)/b18-8+/t31-,32-,33?,34-/m1/s1. The van der Waals surface area contributed by atoms with Crippen molar-refractivity contribution in [3.63, 3.8) is 0 Å². The van der Waals surface area contributed by atoms with Gasteiger partial charge in [-0.2, -0.15) is 0 Å². The summed E-state index contributed by atoms with van der Waals surface area (Å²) in [5, 5.41) is 7.37. The Bertz CT molecular complexity index is 1970. The number of amidine groups is 1. The number of hydrogen-bond donors (Lipinski definition) is 4. The SMILES string of the molecule is COC(=O)NC(C(=O)N1CCC[C@@H]1/C(N)=N/C=C/C#Cc1ccc2cc(-c3cnc([C@H]4CCCN4C(=O)[C@H](NC(=O)OC)C(C)C)[nH]3)ccc2c1)C(C)C. The molecule has 5 N–H and O–H groups in total. The van der Waals surface area contributed by atoms with Crippen LogP contribution < -0.4 is 16.4 Å². The third-order valence-corrected chi connectivity index (χ3v) is 9.86. The number of ether oxygens (including phenoxy) is 2. The number of likely N-dealkylation sites (tertiary alicyclic amines) is 2. The van der Waals surface area contributed by atoms with Crippen LogP contribution in [0, 0.1) is 23.7 Å². The molecule has 1 unspecified atom stereocenters. The van der Waals surface area contributed by atoms with Crippen LogP contribution in [0.15, 0.2) is 59.9 Å². The average molecular weight is 739 g/mol. The van der Waals surface area contributed by atoms with Gasteiger partial charge < -0.3 is 40.6 Å². The number of carbonyl (C=O) groups is 4. The van der Waals surface area contributed by atoms with Crippen molar-refractivity contribution in [3.05, 3.63) is 66.3 Å². The van der Waals surface area contributed by atoms with Crippen LogP contribution in [-0.2, 0) is 19.1 Å². The first kappa shape index (κ1) is 39.4. The first-order chi connectivity index (χ1) is 25.9. The topological polar surface area (TPSA) is 184 Å². The molecule has 0 saturated carbocycles. The minimum atomic E-state index is -0.728. The number of nitrogens with zero attached hydrogens (tertiary/aromatic N) is 4. The second-order valence-electron chi connectivity index (χ2n) is 14.2. The molecule has 0 bridgehead atoms. The minimum Gasteiger partial charge on any atom is -0.453 e. The Kier molecular flexibility index (Phi) is 13.0. The molecule has 2 aromatic carbocycles. The first-order valence-corrected chi connectivity index (χ1v) is 18.3. The lowest BCUT2D eigenvalue weighted by Gasteiger charge is -2.30. The first-order valence-electron chi connectivity index (χ1n) is 18.3. The third kappa shape index (κ3) is 9.20. The molecule has 2 aliphatic rings. The van der Waals surface area contributed by atoms with Gasteiger partial charge in [-0.25, -0.2) is 19.6 Å². The number of methoxy groups -OCH3 is 2. The van der Waals surface area contributed by atoms with Gasteiger partial charge in [-0.1, -0.05) is 57.7 Å². The maximum atomic E-state index is 13.5. The number of hydrogen-bond acceptors (Lipinski definition) is 8. The van der Waals surface area contributed by atoms with Crippen molar-refractivity contribution in [2.75, 3.05) is 27.3 Å². The van der Waals surface area contributed by atoms with E-state index in [0.717, 1.165) is 46.9 Å². The second kappa shape index (κ2) is 17.8. The van der Waals surface area contributed by atoms with Crippen molar-refractivity contribution < 1.29 is 28.7 Å². The fourth-order valence-electron chi connectivity index (χ4n) is 6.92. The molecular weight excluding hydrogens is 688 g/mol. The Morgan fingerprint density at radius 1 is 0.907 bits per heavy atom. The van der Waals surface area contributed by atoms with E-state index < -0.39 is 24.3 Å². The molecule has 54 heavy (non-hydrogen) atoms.